The Balaban J connectivity index is 1.61. The molecule has 3 rings (SSSR count). The van der Waals surface area contributed by atoms with Crippen LogP contribution >= 0.6 is 11.3 Å². The topological polar surface area (TPSA) is 59.5 Å². The molecule has 6 heteroatoms. The third-order valence-corrected chi connectivity index (χ3v) is 6.00. The first-order valence-electron chi connectivity index (χ1n) is 9.46. The lowest BCUT2D eigenvalue weighted by molar-refractivity contribution is -0.141. The molecule has 0 aliphatic heterocycles. The van der Waals surface area contributed by atoms with Crippen LogP contribution in [0.3, 0.4) is 0 Å². The van der Waals surface area contributed by atoms with E-state index >= 15 is 0 Å². The molecule has 1 saturated carbocycles. The molecule has 0 spiro atoms. The van der Waals surface area contributed by atoms with Gasteiger partial charge < -0.3 is 9.64 Å². The van der Waals surface area contributed by atoms with Crippen LogP contribution in [0.25, 0.3) is 10.6 Å². The molecule has 1 heterocycles. The number of carbonyl (C=O) groups excluding carboxylic acids is 2. The van der Waals surface area contributed by atoms with E-state index in [9.17, 15) is 9.59 Å². The number of ether oxygens (including phenoxy) is 1. The maximum Gasteiger partial charge on any atom is 0.358 e. The fourth-order valence-corrected chi connectivity index (χ4v) is 4.20. The molecule has 1 amide bonds. The normalized spacial score (nSPS) is 16.0. The van der Waals surface area contributed by atoms with Gasteiger partial charge in [-0.25, -0.2) is 9.78 Å². The number of hydrogen-bond donors (Lipinski definition) is 0. The number of hydrogen-bond acceptors (Lipinski definition) is 5. The SMILES string of the molecule is Cc1ccc(-c2nc(C(=O)O[C@H](C)C(=O)N(C)C3CCCCC3)cs2)cc1. The van der Waals surface area contributed by atoms with Crippen LogP contribution in [-0.2, 0) is 9.53 Å². The van der Waals surface area contributed by atoms with E-state index in [2.05, 4.69) is 4.98 Å². The van der Waals surface area contributed by atoms with Gasteiger partial charge in [0.15, 0.2) is 11.8 Å². The fraction of sp³-hybridized carbons (Fsp3) is 0.476. The molecule has 1 aliphatic carbocycles. The van der Waals surface area contributed by atoms with Crippen molar-refractivity contribution in [2.75, 3.05) is 7.05 Å². The Hall–Kier alpha value is -2.21. The summed E-state index contributed by atoms with van der Waals surface area (Å²) in [6.45, 7) is 3.66. The van der Waals surface area contributed by atoms with Crippen LogP contribution < -0.4 is 0 Å². The highest BCUT2D eigenvalue weighted by molar-refractivity contribution is 7.13. The van der Waals surface area contributed by atoms with Gasteiger partial charge in [0.1, 0.15) is 5.01 Å². The van der Waals surface area contributed by atoms with E-state index < -0.39 is 12.1 Å². The third kappa shape index (κ3) is 4.75. The number of carbonyl (C=O) groups is 2. The van der Waals surface area contributed by atoms with Gasteiger partial charge in [0.05, 0.1) is 0 Å². The van der Waals surface area contributed by atoms with Crippen molar-refractivity contribution in [1.29, 1.82) is 0 Å². The second kappa shape index (κ2) is 8.65. The third-order valence-electron chi connectivity index (χ3n) is 5.11. The quantitative estimate of drug-likeness (QED) is 0.712. The number of esters is 1. The lowest BCUT2D eigenvalue weighted by atomic mass is 9.94. The first-order chi connectivity index (χ1) is 13.0. The van der Waals surface area contributed by atoms with E-state index in [4.69, 9.17) is 4.74 Å². The monoisotopic (exact) mass is 386 g/mol. The number of nitrogens with zero attached hydrogens (tertiary/aromatic N) is 2. The smallest absolute Gasteiger partial charge is 0.358 e. The number of rotatable bonds is 5. The zero-order valence-electron chi connectivity index (χ0n) is 16.1. The van der Waals surface area contributed by atoms with Gasteiger partial charge in [-0.1, -0.05) is 49.1 Å². The molecule has 5 nitrogen and oxygen atoms in total. The zero-order valence-corrected chi connectivity index (χ0v) is 16.9. The Morgan fingerprint density at radius 2 is 1.85 bits per heavy atom. The molecule has 0 bridgehead atoms. The average Bonchev–Trinajstić information content (AvgIpc) is 3.18. The van der Waals surface area contributed by atoms with Gasteiger partial charge in [-0.3, -0.25) is 4.79 Å². The molecular weight excluding hydrogens is 360 g/mol. The van der Waals surface area contributed by atoms with Crippen molar-refractivity contribution in [2.45, 2.75) is 58.1 Å². The minimum absolute atomic E-state index is 0.149. The standard InChI is InChI=1S/C21H26N2O3S/c1-14-9-11-16(12-10-14)19-22-18(13-27-19)21(25)26-15(2)20(24)23(3)17-7-5-4-6-8-17/h9-13,15,17H,4-8H2,1-3H3/t15-/m1/s1. The molecule has 1 aromatic carbocycles. The molecule has 0 unspecified atom stereocenters. The average molecular weight is 387 g/mol. The maximum atomic E-state index is 12.6. The van der Waals surface area contributed by atoms with Gasteiger partial charge in [0.25, 0.3) is 5.91 Å². The Kier molecular flexibility index (Phi) is 6.26. The van der Waals surface area contributed by atoms with Crippen LogP contribution in [0.2, 0.25) is 0 Å². The van der Waals surface area contributed by atoms with Crippen molar-refractivity contribution in [3.63, 3.8) is 0 Å². The predicted molar refractivity (Wildman–Crippen MR) is 107 cm³/mol. The highest BCUT2D eigenvalue weighted by atomic mass is 32.1. The lowest BCUT2D eigenvalue weighted by Gasteiger charge is -2.32. The van der Waals surface area contributed by atoms with E-state index in [1.165, 1.54) is 23.3 Å². The molecule has 1 aromatic heterocycles. The molecule has 2 aromatic rings. The summed E-state index contributed by atoms with van der Waals surface area (Å²) >= 11 is 1.39. The first kappa shape index (κ1) is 19.5. The molecule has 1 fully saturated rings. The van der Waals surface area contributed by atoms with Gasteiger partial charge >= 0.3 is 5.97 Å². The zero-order chi connectivity index (χ0) is 19.4. The van der Waals surface area contributed by atoms with Gasteiger partial charge in [0, 0.05) is 24.0 Å². The minimum Gasteiger partial charge on any atom is -0.448 e. The Morgan fingerprint density at radius 3 is 2.52 bits per heavy atom. The van der Waals surface area contributed by atoms with Crippen LogP contribution in [0.15, 0.2) is 29.6 Å². The highest BCUT2D eigenvalue weighted by Crippen LogP contribution is 2.25. The fourth-order valence-electron chi connectivity index (χ4n) is 3.40. The largest absolute Gasteiger partial charge is 0.448 e. The van der Waals surface area contributed by atoms with Crippen LogP contribution in [-0.4, -0.2) is 41.0 Å². The first-order valence-corrected chi connectivity index (χ1v) is 10.3. The highest BCUT2D eigenvalue weighted by Gasteiger charge is 2.28. The molecule has 0 saturated heterocycles. The molecule has 0 N–H and O–H groups in total. The van der Waals surface area contributed by atoms with E-state index in [0.717, 1.165) is 36.3 Å². The maximum absolute atomic E-state index is 12.6. The lowest BCUT2D eigenvalue weighted by Crippen LogP contribution is -2.44. The van der Waals surface area contributed by atoms with Crippen molar-refractivity contribution < 1.29 is 14.3 Å². The summed E-state index contributed by atoms with van der Waals surface area (Å²) < 4.78 is 5.39. The van der Waals surface area contributed by atoms with E-state index in [-0.39, 0.29) is 17.6 Å². The Bertz CT molecular complexity index is 794. The number of amides is 1. The molecule has 0 radical (unpaired) electrons. The van der Waals surface area contributed by atoms with E-state index in [1.54, 1.807) is 24.3 Å². The molecule has 27 heavy (non-hydrogen) atoms. The molecular formula is C21H26N2O3S. The van der Waals surface area contributed by atoms with Crippen LogP contribution in [0.1, 0.15) is 55.1 Å². The Morgan fingerprint density at radius 1 is 1.19 bits per heavy atom. The number of thiazole rings is 1. The predicted octanol–water partition coefficient (Wildman–Crippen LogP) is 4.45. The number of aryl methyl sites for hydroxylation is 1. The van der Waals surface area contributed by atoms with Gasteiger partial charge in [0.2, 0.25) is 0 Å². The van der Waals surface area contributed by atoms with Gasteiger partial charge in [-0.15, -0.1) is 11.3 Å². The van der Waals surface area contributed by atoms with Crippen LogP contribution in [0.4, 0.5) is 0 Å². The van der Waals surface area contributed by atoms with Crippen molar-refractivity contribution in [2.24, 2.45) is 0 Å². The molecule has 1 aliphatic rings. The molecule has 1 atom stereocenters. The summed E-state index contributed by atoms with van der Waals surface area (Å²) in [5.74, 6) is -0.702. The van der Waals surface area contributed by atoms with Gasteiger partial charge in [-0.05, 0) is 26.7 Å². The molecule has 144 valence electrons. The summed E-state index contributed by atoms with van der Waals surface area (Å²) in [4.78, 5) is 31.1. The van der Waals surface area contributed by atoms with Crippen LogP contribution in [0, 0.1) is 6.92 Å². The minimum atomic E-state index is -0.811. The summed E-state index contributed by atoms with van der Waals surface area (Å²) in [5, 5.41) is 2.44. The summed E-state index contributed by atoms with van der Waals surface area (Å²) in [7, 11) is 1.81. The summed E-state index contributed by atoms with van der Waals surface area (Å²) in [5.41, 5.74) is 2.38. The van der Waals surface area contributed by atoms with Crippen molar-refractivity contribution in [3.05, 3.63) is 40.9 Å². The second-order valence-electron chi connectivity index (χ2n) is 7.19. The van der Waals surface area contributed by atoms with Crippen molar-refractivity contribution in [1.82, 2.24) is 9.88 Å². The van der Waals surface area contributed by atoms with E-state index in [1.807, 2.05) is 31.2 Å². The number of aromatic nitrogens is 1. The number of likely N-dealkylation sites (N-methyl/N-ethyl adjacent to an activating group) is 1. The summed E-state index contributed by atoms with van der Waals surface area (Å²) in [6, 6.07) is 8.23. The van der Waals surface area contributed by atoms with Gasteiger partial charge in [-0.2, -0.15) is 0 Å². The van der Waals surface area contributed by atoms with Crippen molar-refractivity contribution in [3.8, 4) is 10.6 Å². The Labute approximate surface area is 164 Å². The van der Waals surface area contributed by atoms with Crippen molar-refractivity contribution >= 4 is 23.2 Å². The second-order valence-corrected chi connectivity index (χ2v) is 8.05. The van der Waals surface area contributed by atoms with E-state index in [0.29, 0.717) is 0 Å². The number of benzene rings is 1. The van der Waals surface area contributed by atoms with Crippen LogP contribution in [0.5, 0.6) is 0 Å². The summed E-state index contributed by atoms with van der Waals surface area (Å²) in [6.07, 6.45) is 4.77.